The first-order valence-electron chi connectivity index (χ1n) is 5.08. The van der Waals surface area contributed by atoms with Crippen molar-refractivity contribution in [1.82, 2.24) is 0 Å². The third-order valence-electron chi connectivity index (χ3n) is 2.80. The van der Waals surface area contributed by atoms with Crippen molar-refractivity contribution in [2.75, 3.05) is 18.9 Å². The molecular weight excluding hydrogens is 285 g/mol. The number of sulfone groups is 1. The SMILES string of the molecule is Nc1ccc(Cl)c(S(=O)(=O)C2(F)CCOC2)c1O. The zero-order valence-corrected chi connectivity index (χ0v) is 10.8. The van der Waals surface area contributed by atoms with Crippen LogP contribution in [0.2, 0.25) is 5.02 Å². The first-order chi connectivity index (χ1) is 8.29. The van der Waals surface area contributed by atoms with E-state index in [4.69, 9.17) is 22.1 Å². The molecule has 1 aliphatic heterocycles. The molecule has 1 heterocycles. The number of nitrogens with two attached hydrogens (primary N) is 1. The van der Waals surface area contributed by atoms with E-state index in [0.717, 1.165) is 0 Å². The van der Waals surface area contributed by atoms with Crippen LogP contribution in [0, 0.1) is 0 Å². The number of benzene rings is 1. The predicted molar refractivity (Wildman–Crippen MR) is 64.0 cm³/mol. The highest BCUT2D eigenvalue weighted by molar-refractivity contribution is 7.93. The zero-order valence-electron chi connectivity index (χ0n) is 9.19. The van der Waals surface area contributed by atoms with Crippen LogP contribution < -0.4 is 5.73 Å². The van der Waals surface area contributed by atoms with Gasteiger partial charge in [0.2, 0.25) is 14.8 Å². The smallest absolute Gasteiger partial charge is 0.240 e. The van der Waals surface area contributed by atoms with Crippen LogP contribution in [0.5, 0.6) is 5.75 Å². The van der Waals surface area contributed by atoms with Crippen LogP contribution >= 0.6 is 11.6 Å². The topological polar surface area (TPSA) is 89.6 Å². The second-order valence-corrected chi connectivity index (χ2v) is 6.56. The number of hydrogen-bond acceptors (Lipinski definition) is 5. The van der Waals surface area contributed by atoms with Crippen molar-refractivity contribution in [3.63, 3.8) is 0 Å². The van der Waals surface area contributed by atoms with Gasteiger partial charge in [-0.2, -0.15) is 0 Å². The zero-order chi connectivity index (χ0) is 13.6. The predicted octanol–water partition coefficient (Wildman–Crippen LogP) is 1.49. The Morgan fingerprint density at radius 2 is 2.17 bits per heavy atom. The second kappa shape index (κ2) is 4.25. The summed E-state index contributed by atoms with van der Waals surface area (Å²) >= 11 is 5.72. The van der Waals surface area contributed by atoms with Crippen LogP contribution in [0.15, 0.2) is 17.0 Å². The fourth-order valence-corrected chi connectivity index (χ4v) is 3.84. The first-order valence-corrected chi connectivity index (χ1v) is 6.94. The van der Waals surface area contributed by atoms with Gasteiger partial charge in [0.05, 0.1) is 23.9 Å². The lowest BCUT2D eigenvalue weighted by atomic mass is 10.3. The number of phenols is 1. The van der Waals surface area contributed by atoms with Gasteiger partial charge in [0.25, 0.3) is 0 Å². The molecule has 1 unspecified atom stereocenters. The number of phenolic OH excluding ortho intramolecular Hbond substituents is 1. The summed E-state index contributed by atoms with van der Waals surface area (Å²) in [6.45, 7) is -0.587. The summed E-state index contributed by atoms with van der Waals surface area (Å²) in [5.74, 6) is -0.730. The minimum absolute atomic E-state index is 0.00354. The Morgan fingerprint density at radius 1 is 1.50 bits per heavy atom. The standard InChI is InChI=1S/C10H11ClFNO4S/c11-6-1-2-7(13)8(14)9(6)18(15,16)10(12)3-4-17-5-10/h1-2,14H,3-5,13H2. The van der Waals surface area contributed by atoms with E-state index >= 15 is 0 Å². The molecule has 0 amide bonds. The molecule has 1 aliphatic rings. The van der Waals surface area contributed by atoms with Crippen molar-refractivity contribution in [2.24, 2.45) is 0 Å². The molecule has 1 aromatic rings. The molecule has 5 nitrogen and oxygen atoms in total. The van der Waals surface area contributed by atoms with Gasteiger partial charge in [-0.25, -0.2) is 12.8 Å². The van der Waals surface area contributed by atoms with Gasteiger partial charge < -0.3 is 15.6 Å². The average molecular weight is 296 g/mol. The lowest BCUT2D eigenvalue weighted by Gasteiger charge is -2.20. The normalized spacial score (nSPS) is 24.3. The number of nitrogen functional groups attached to an aromatic ring is 1. The Labute approximate surface area is 108 Å². The first kappa shape index (κ1) is 13.4. The molecule has 0 aliphatic carbocycles. The van der Waals surface area contributed by atoms with Gasteiger partial charge in [0, 0.05) is 6.42 Å². The van der Waals surface area contributed by atoms with E-state index in [9.17, 15) is 17.9 Å². The van der Waals surface area contributed by atoms with Gasteiger partial charge in [-0.15, -0.1) is 0 Å². The van der Waals surface area contributed by atoms with Gasteiger partial charge in [0.15, 0.2) is 5.75 Å². The quantitative estimate of drug-likeness (QED) is 0.637. The van der Waals surface area contributed by atoms with Crippen molar-refractivity contribution in [1.29, 1.82) is 0 Å². The van der Waals surface area contributed by atoms with Crippen molar-refractivity contribution in [3.8, 4) is 5.75 Å². The van der Waals surface area contributed by atoms with E-state index in [1.165, 1.54) is 12.1 Å². The number of anilines is 1. The van der Waals surface area contributed by atoms with Gasteiger partial charge in [-0.1, -0.05) is 11.6 Å². The van der Waals surface area contributed by atoms with E-state index in [1.54, 1.807) is 0 Å². The Kier molecular flexibility index (Phi) is 3.16. The molecule has 0 radical (unpaired) electrons. The van der Waals surface area contributed by atoms with E-state index in [-0.39, 0.29) is 23.7 Å². The second-order valence-electron chi connectivity index (χ2n) is 4.00. The van der Waals surface area contributed by atoms with Crippen LogP contribution in [0.3, 0.4) is 0 Å². The maximum absolute atomic E-state index is 14.3. The number of hydrogen-bond donors (Lipinski definition) is 2. The summed E-state index contributed by atoms with van der Waals surface area (Å²) in [4.78, 5) is -0.683. The van der Waals surface area contributed by atoms with Gasteiger partial charge in [-0.3, -0.25) is 0 Å². The van der Waals surface area contributed by atoms with Crippen LogP contribution in [0.4, 0.5) is 10.1 Å². The molecule has 1 fully saturated rings. The highest BCUT2D eigenvalue weighted by Crippen LogP contribution is 2.43. The van der Waals surface area contributed by atoms with Crippen molar-refractivity contribution >= 4 is 27.1 Å². The molecule has 0 saturated carbocycles. The summed E-state index contributed by atoms with van der Waals surface area (Å²) in [5.41, 5.74) is 5.22. The summed E-state index contributed by atoms with van der Waals surface area (Å²) in [6.07, 6.45) is -0.306. The summed E-state index contributed by atoms with van der Waals surface area (Å²) < 4.78 is 43.5. The third-order valence-corrected chi connectivity index (χ3v) is 5.47. The van der Waals surface area contributed by atoms with Crippen molar-refractivity contribution < 1.29 is 22.7 Å². The monoisotopic (exact) mass is 295 g/mol. The molecule has 1 atom stereocenters. The summed E-state index contributed by atoms with van der Waals surface area (Å²) in [7, 11) is -4.48. The molecular formula is C10H11ClFNO4S. The van der Waals surface area contributed by atoms with E-state index < -0.39 is 32.1 Å². The number of ether oxygens (including phenoxy) is 1. The van der Waals surface area contributed by atoms with Crippen LogP contribution in [-0.2, 0) is 14.6 Å². The fraction of sp³-hybridized carbons (Fsp3) is 0.400. The molecule has 0 aromatic heterocycles. The van der Waals surface area contributed by atoms with Crippen molar-refractivity contribution in [3.05, 3.63) is 17.2 Å². The van der Waals surface area contributed by atoms with Crippen molar-refractivity contribution in [2.45, 2.75) is 16.3 Å². The Balaban J connectivity index is 2.65. The minimum atomic E-state index is -4.48. The highest BCUT2D eigenvalue weighted by atomic mass is 35.5. The van der Waals surface area contributed by atoms with E-state index in [0.29, 0.717) is 0 Å². The van der Waals surface area contributed by atoms with Gasteiger partial charge >= 0.3 is 0 Å². The number of aromatic hydroxyl groups is 1. The summed E-state index contributed by atoms with van der Waals surface area (Å²) in [5, 5.41) is 6.84. The molecule has 0 spiro atoms. The molecule has 18 heavy (non-hydrogen) atoms. The Bertz CT molecular complexity index is 584. The summed E-state index contributed by atoms with van der Waals surface area (Å²) in [6, 6.07) is 2.44. The minimum Gasteiger partial charge on any atom is -0.504 e. The van der Waals surface area contributed by atoms with Crippen LogP contribution in [0.25, 0.3) is 0 Å². The maximum atomic E-state index is 14.3. The van der Waals surface area contributed by atoms with E-state index in [2.05, 4.69) is 0 Å². The fourth-order valence-electron chi connectivity index (χ4n) is 1.73. The molecule has 0 bridgehead atoms. The highest BCUT2D eigenvalue weighted by Gasteiger charge is 2.50. The number of alkyl halides is 1. The average Bonchev–Trinajstić information content (AvgIpc) is 2.73. The lowest BCUT2D eigenvalue weighted by molar-refractivity contribution is 0.157. The van der Waals surface area contributed by atoms with E-state index in [1.807, 2.05) is 0 Å². The van der Waals surface area contributed by atoms with Gasteiger partial charge in [0.1, 0.15) is 4.90 Å². The molecule has 100 valence electrons. The molecule has 3 N–H and O–H groups in total. The lowest BCUT2D eigenvalue weighted by Crippen LogP contribution is -2.34. The molecule has 2 rings (SSSR count). The Morgan fingerprint density at radius 3 is 2.72 bits per heavy atom. The van der Waals surface area contributed by atoms with Gasteiger partial charge in [-0.05, 0) is 12.1 Å². The largest absolute Gasteiger partial charge is 0.504 e. The number of rotatable bonds is 2. The molecule has 8 heteroatoms. The Hall–Kier alpha value is -1.05. The molecule has 1 saturated heterocycles. The van der Waals surface area contributed by atoms with Crippen LogP contribution in [-0.4, -0.2) is 31.7 Å². The van der Waals surface area contributed by atoms with Crippen LogP contribution in [0.1, 0.15) is 6.42 Å². The third kappa shape index (κ3) is 1.82. The molecule has 1 aromatic carbocycles. The number of halogens is 2. The maximum Gasteiger partial charge on any atom is 0.240 e.